The van der Waals surface area contributed by atoms with Gasteiger partial charge >= 0.3 is 0 Å². The summed E-state index contributed by atoms with van der Waals surface area (Å²) in [7, 11) is 1.55. The van der Waals surface area contributed by atoms with Crippen molar-refractivity contribution in [2.24, 2.45) is 0 Å². The van der Waals surface area contributed by atoms with Crippen molar-refractivity contribution in [1.29, 1.82) is 0 Å². The fourth-order valence-electron chi connectivity index (χ4n) is 6.51. The summed E-state index contributed by atoms with van der Waals surface area (Å²) < 4.78 is 16.9. The molecule has 0 radical (unpaired) electrons. The van der Waals surface area contributed by atoms with E-state index in [0.717, 1.165) is 82.2 Å². The second kappa shape index (κ2) is 16.2. The van der Waals surface area contributed by atoms with Gasteiger partial charge in [-0.1, -0.05) is 24.6 Å². The van der Waals surface area contributed by atoms with Crippen molar-refractivity contribution in [1.82, 2.24) is 14.7 Å². The number of para-hydroxylation sites is 1. The van der Waals surface area contributed by atoms with Crippen LogP contribution >= 0.6 is 0 Å². The molecule has 2 aromatic carbocycles. The predicted molar refractivity (Wildman–Crippen MR) is 168 cm³/mol. The predicted octanol–water partition coefficient (Wildman–Crippen LogP) is 4.06. The monoisotopic (exact) mass is 592 g/mol. The van der Waals surface area contributed by atoms with Gasteiger partial charge in [0.25, 0.3) is 11.8 Å². The fourth-order valence-corrected chi connectivity index (χ4v) is 6.51. The summed E-state index contributed by atoms with van der Waals surface area (Å²) >= 11 is 0. The van der Waals surface area contributed by atoms with E-state index >= 15 is 0 Å². The van der Waals surface area contributed by atoms with E-state index in [0.29, 0.717) is 37.8 Å². The number of benzene rings is 2. The molecule has 0 N–H and O–H groups in total. The third-order valence-electron chi connectivity index (χ3n) is 8.92. The number of fused-ring (bicyclic) bond motifs is 1. The van der Waals surface area contributed by atoms with Gasteiger partial charge in [-0.25, -0.2) is 0 Å². The Morgan fingerprint density at radius 3 is 2.40 bits per heavy atom. The second-order valence-electron chi connectivity index (χ2n) is 11.8. The Kier molecular flexibility index (Phi) is 11.8. The van der Waals surface area contributed by atoms with E-state index < -0.39 is 0 Å². The molecule has 234 valence electrons. The number of amides is 2. The molecule has 0 spiro atoms. The zero-order chi connectivity index (χ0) is 29.9. The summed E-state index contributed by atoms with van der Waals surface area (Å²) in [5, 5.41) is 0. The zero-order valence-corrected chi connectivity index (χ0v) is 25.8. The molecule has 0 bridgehead atoms. The number of piperidine rings is 1. The number of rotatable bonds is 8. The number of nitrogens with zero attached hydrogens (tertiary/aromatic N) is 4. The van der Waals surface area contributed by atoms with E-state index in [1.807, 2.05) is 58.3 Å². The average molecular weight is 593 g/mol. The molecule has 9 nitrogen and oxygen atoms in total. The van der Waals surface area contributed by atoms with E-state index in [1.165, 1.54) is 19.3 Å². The SMILES string of the molecule is COCC(=O)N1CCCN(C2CCOCC2)CCN(C(=O)c2ccc(OCCN3CCCCC3)cc2)Cc2ccccc21. The van der Waals surface area contributed by atoms with E-state index in [-0.39, 0.29) is 18.4 Å². The molecule has 0 saturated carbocycles. The van der Waals surface area contributed by atoms with Crippen LogP contribution in [0.4, 0.5) is 5.69 Å². The first-order valence-corrected chi connectivity index (χ1v) is 16.1. The number of methoxy groups -OCH3 is 1. The molecule has 9 heteroatoms. The standard InChI is InChI=1S/C34H48N4O5/c1-41-27-33(39)38-19-7-18-36(30-14-23-42-24-15-30)20-21-37(26-29-8-3-4-9-32(29)38)34(40)28-10-12-31(13-11-28)43-25-22-35-16-5-2-6-17-35/h3-4,8-13,30H,2,5-7,14-27H2,1H3. The number of anilines is 1. The largest absolute Gasteiger partial charge is 0.492 e. The van der Waals surface area contributed by atoms with Gasteiger partial charge in [-0.05, 0) is 81.1 Å². The number of hydrogen-bond acceptors (Lipinski definition) is 7. The molecule has 3 aliphatic heterocycles. The van der Waals surface area contributed by atoms with Crippen LogP contribution in [0.5, 0.6) is 5.75 Å². The van der Waals surface area contributed by atoms with Gasteiger partial charge in [0.05, 0.1) is 0 Å². The zero-order valence-electron chi connectivity index (χ0n) is 25.8. The molecule has 3 heterocycles. The lowest BCUT2D eigenvalue weighted by Gasteiger charge is -2.35. The highest BCUT2D eigenvalue weighted by Crippen LogP contribution is 2.26. The summed E-state index contributed by atoms with van der Waals surface area (Å²) in [6, 6.07) is 15.9. The summed E-state index contributed by atoms with van der Waals surface area (Å²) in [4.78, 5) is 36.0. The highest BCUT2D eigenvalue weighted by molar-refractivity contribution is 5.96. The van der Waals surface area contributed by atoms with Gasteiger partial charge in [-0.15, -0.1) is 0 Å². The van der Waals surface area contributed by atoms with E-state index in [9.17, 15) is 9.59 Å². The van der Waals surface area contributed by atoms with Crippen molar-refractivity contribution in [2.75, 3.05) is 84.3 Å². The first-order chi connectivity index (χ1) is 21.1. The first kappa shape index (κ1) is 31.4. The van der Waals surface area contributed by atoms with E-state index in [4.69, 9.17) is 14.2 Å². The molecule has 2 saturated heterocycles. The highest BCUT2D eigenvalue weighted by atomic mass is 16.5. The molecule has 43 heavy (non-hydrogen) atoms. The molecule has 2 fully saturated rings. The molecule has 0 aliphatic carbocycles. The Morgan fingerprint density at radius 1 is 0.860 bits per heavy atom. The van der Waals surface area contributed by atoms with Crippen molar-refractivity contribution in [2.45, 2.75) is 51.1 Å². The van der Waals surface area contributed by atoms with Crippen molar-refractivity contribution in [3.05, 3.63) is 59.7 Å². The Hall–Kier alpha value is -2.98. The normalized spacial score (nSPS) is 19.8. The summed E-state index contributed by atoms with van der Waals surface area (Å²) in [6.45, 7) is 8.70. The molecule has 0 unspecified atom stereocenters. The number of ether oxygens (including phenoxy) is 3. The Bertz CT molecular complexity index is 1160. The third-order valence-corrected chi connectivity index (χ3v) is 8.92. The van der Waals surface area contributed by atoms with Gasteiger partial charge in [-0.3, -0.25) is 19.4 Å². The van der Waals surface area contributed by atoms with Crippen LogP contribution in [0.2, 0.25) is 0 Å². The lowest BCUT2D eigenvalue weighted by atomic mass is 10.1. The maximum atomic E-state index is 14.0. The van der Waals surface area contributed by atoms with Crippen LogP contribution in [0, 0.1) is 0 Å². The number of likely N-dealkylation sites (tertiary alicyclic amines) is 1. The van der Waals surface area contributed by atoms with Crippen molar-refractivity contribution in [3.63, 3.8) is 0 Å². The van der Waals surface area contributed by atoms with Crippen molar-refractivity contribution >= 4 is 17.5 Å². The van der Waals surface area contributed by atoms with Crippen molar-refractivity contribution < 1.29 is 23.8 Å². The Labute approximate surface area is 256 Å². The fraction of sp³-hybridized carbons (Fsp3) is 0.588. The molecule has 0 aromatic heterocycles. The van der Waals surface area contributed by atoms with Gasteiger partial charge in [0, 0.05) is 76.9 Å². The molecule has 3 aliphatic rings. The minimum atomic E-state index is -0.0689. The minimum absolute atomic E-state index is 0.0180. The van der Waals surface area contributed by atoms with Crippen LogP contribution in [-0.2, 0) is 20.8 Å². The lowest BCUT2D eigenvalue weighted by molar-refractivity contribution is -0.122. The molecule has 5 rings (SSSR count). The topological polar surface area (TPSA) is 74.8 Å². The van der Waals surface area contributed by atoms with Gasteiger partial charge < -0.3 is 24.0 Å². The van der Waals surface area contributed by atoms with Gasteiger partial charge in [-0.2, -0.15) is 0 Å². The summed E-state index contributed by atoms with van der Waals surface area (Å²) in [6.07, 6.45) is 6.68. The van der Waals surface area contributed by atoms with Gasteiger partial charge in [0.15, 0.2) is 0 Å². The maximum absolute atomic E-state index is 14.0. The molecule has 2 amide bonds. The summed E-state index contributed by atoms with van der Waals surface area (Å²) in [5.41, 5.74) is 2.44. The van der Waals surface area contributed by atoms with Crippen LogP contribution in [-0.4, -0.2) is 112 Å². The molecule has 0 atom stereocenters. The van der Waals surface area contributed by atoms with E-state index in [1.54, 1.807) is 7.11 Å². The lowest BCUT2D eigenvalue weighted by Crippen LogP contribution is -2.45. The molecular formula is C34H48N4O5. The Balaban J connectivity index is 1.33. The molecular weight excluding hydrogens is 544 g/mol. The number of carbonyl (C=O) groups is 2. The van der Waals surface area contributed by atoms with Gasteiger partial charge in [0.2, 0.25) is 0 Å². The van der Waals surface area contributed by atoms with Gasteiger partial charge in [0.1, 0.15) is 19.0 Å². The van der Waals surface area contributed by atoms with Crippen LogP contribution in [0.15, 0.2) is 48.5 Å². The second-order valence-corrected chi connectivity index (χ2v) is 11.8. The van der Waals surface area contributed by atoms with Crippen LogP contribution in [0.25, 0.3) is 0 Å². The average Bonchev–Trinajstić information content (AvgIpc) is 3.08. The smallest absolute Gasteiger partial charge is 0.254 e. The third kappa shape index (κ3) is 8.79. The first-order valence-electron chi connectivity index (χ1n) is 16.1. The minimum Gasteiger partial charge on any atom is -0.492 e. The molecule has 2 aromatic rings. The highest BCUT2D eigenvalue weighted by Gasteiger charge is 2.27. The summed E-state index contributed by atoms with van der Waals surface area (Å²) in [5.74, 6) is 0.700. The Morgan fingerprint density at radius 2 is 1.63 bits per heavy atom. The van der Waals surface area contributed by atoms with Crippen LogP contribution in [0.1, 0.15) is 54.4 Å². The van der Waals surface area contributed by atoms with Crippen LogP contribution in [0.3, 0.4) is 0 Å². The van der Waals surface area contributed by atoms with E-state index in [2.05, 4.69) is 9.80 Å². The van der Waals surface area contributed by atoms with Crippen molar-refractivity contribution in [3.8, 4) is 5.75 Å². The maximum Gasteiger partial charge on any atom is 0.254 e. The number of hydrogen-bond donors (Lipinski definition) is 0. The number of carbonyl (C=O) groups excluding carboxylic acids is 2. The van der Waals surface area contributed by atoms with Crippen LogP contribution < -0.4 is 9.64 Å². The quantitative estimate of drug-likeness (QED) is 0.458.